The van der Waals surface area contributed by atoms with Crippen molar-refractivity contribution in [3.8, 4) is 0 Å². The van der Waals surface area contributed by atoms with Gasteiger partial charge >= 0.3 is 5.69 Å². The molecule has 7 nitrogen and oxygen atoms in total. The van der Waals surface area contributed by atoms with E-state index < -0.39 is 0 Å². The Hall–Kier alpha value is -1.57. The van der Waals surface area contributed by atoms with Crippen LogP contribution in [0, 0.1) is 0 Å². The minimum atomic E-state index is -0.139. The van der Waals surface area contributed by atoms with Gasteiger partial charge in [-0.2, -0.15) is 4.98 Å². The van der Waals surface area contributed by atoms with E-state index in [2.05, 4.69) is 20.3 Å². The molecule has 0 bridgehead atoms. The molecule has 18 heavy (non-hydrogen) atoms. The van der Waals surface area contributed by atoms with Crippen LogP contribution in [0.4, 0.5) is 0 Å². The predicted molar refractivity (Wildman–Crippen MR) is 64.4 cm³/mol. The largest absolute Gasteiger partial charge is 0.344 e. The normalized spacial score (nSPS) is 15.2. The molecule has 0 spiro atoms. The van der Waals surface area contributed by atoms with E-state index in [1.165, 1.54) is 11.8 Å². The highest BCUT2D eigenvalue weighted by atomic mass is 32.2. The number of H-pyrrole nitrogens is 1. The summed E-state index contributed by atoms with van der Waals surface area (Å²) in [4.78, 5) is 15.8. The maximum absolute atomic E-state index is 11.6. The summed E-state index contributed by atoms with van der Waals surface area (Å²) in [5.41, 5.74) is -0.139. The number of nitrogens with one attached hydrogen (secondary N) is 1. The van der Waals surface area contributed by atoms with E-state index in [-0.39, 0.29) is 5.69 Å². The second-order valence-electron chi connectivity index (χ2n) is 4.16. The number of thioether (sulfide) groups is 1. The molecule has 1 aliphatic rings. The van der Waals surface area contributed by atoms with E-state index in [0.717, 1.165) is 19.3 Å². The Morgan fingerprint density at radius 2 is 2.39 bits per heavy atom. The molecule has 2 aromatic rings. The van der Waals surface area contributed by atoms with Crippen molar-refractivity contribution in [1.82, 2.24) is 24.9 Å². The summed E-state index contributed by atoms with van der Waals surface area (Å²) in [5.74, 6) is 1.80. The van der Waals surface area contributed by atoms with Gasteiger partial charge in [-0.15, -0.1) is 5.10 Å². The lowest BCUT2D eigenvalue weighted by Crippen LogP contribution is -2.16. The third-order valence-corrected chi connectivity index (χ3v) is 3.67. The van der Waals surface area contributed by atoms with Crippen LogP contribution in [0.1, 0.15) is 37.5 Å². The first-order chi connectivity index (χ1) is 8.78. The molecule has 1 fully saturated rings. The lowest BCUT2D eigenvalue weighted by molar-refractivity contribution is 0.385. The topological polar surface area (TPSA) is 89.6 Å². The average Bonchev–Trinajstić information content (AvgIpc) is 2.98. The van der Waals surface area contributed by atoms with Gasteiger partial charge in [0.1, 0.15) is 0 Å². The quantitative estimate of drug-likeness (QED) is 0.817. The third kappa shape index (κ3) is 2.20. The Labute approximate surface area is 107 Å². The van der Waals surface area contributed by atoms with Gasteiger partial charge in [-0.1, -0.05) is 23.8 Å². The molecule has 8 heteroatoms. The molecule has 0 unspecified atom stereocenters. The number of hydrogen-bond donors (Lipinski definition) is 1. The van der Waals surface area contributed by atoms with Crippen LogP contribution in [0.15, 0.2) is 14.5 Å². The SMILES string of the molecule is CCc1noc(CSc2n[nH]c(=O)n2C2CC2)n1. The highest BCUT2D eigenvalue weighted by molar-refractivity contribution is 7.98. The van der Waals surface area contributed by atoms with Crippen LogP contribution in [0.5, 0.6) is 0 Å². The van der Waals surface area contributed by atoms with Gasteiger partial charge in [0.05, 0.1) is 5.75 Å². The monoisotopic (exact) mass is 267 g/mol. The molecule has 3 rings (SSSR count). The van der Waals surface area contributed by atoms with Crippen molar-refractivity contribution in [2.45, 2.75) is 43.1 Å². The summed E-state index contributed by atoms with van der Waals surface area (Å²) < 4.78 is 6.80. The predicted octanol–water partition coefficient (Wildman–Crippen LogP) is 1.14. The van der Waals surface area contributed by atoms with Gasteiger partial charge in [0.2, 0.25) is 5.89 Å². The van der Waals surface area contributed by atoms with Crippen LogP contribution >= 0.6 is 11.8 Å². The van der Waals surface area contributed by atoms with E-state index in [0.29, 0.717) is 28.7 Å². The van der Waals surface area contributed by atoms with Crippen molar-refractivity contribution >= 4 is 11.8 Å². The van der Waals surface area contributed by atoms with Crippen LogP contribution in [0.25, 0.3) is 0 Å². The van der Waals surface area contributed by atoms with Gasteiger partial charge in [-0.05, 0) is 12.8 Å². The fourth-order valence-corrected chi connectivity index (χ4v) is 2.52. The highest BCUT2D eigenvalue weighted by Crippen LogP contribution is 2.36. The van der Waals surface area contributed by atoms with E-state index in [9.17, 15) is 4.79 Å². The maximum atomic E-state index is 11.6. The van der Waals surface area contributed by atoms with E-state index in [4.69, 9.17) is 4.52 Å². The van der Waals surface area contributed by atoms with Crippen LogP contribution in [-0.4, -0.2) is 24.9 Å². The number of aromatic nitrogens is 5. The van der Waals surface area contributed by atoms with Crippen molar-refractivity contribution in [2.75, 3.05) is 0 Å². The molecule has 1 N–H and O–H groups in total. The zero-order valence-corrected chi connectivity index (χ0v) is 10.7. The molecule has 96 valence electrons. The van der Waals surface area contributed by atoms with Crippen LogP contribution in [-0.2, 0) is 12.2 Å². The Bertz CT molecular complexity index is 597. The summed E-state index contributed by atoms with van der Waals surface area (Å²) in [6, 6.07) is 0.313. The number of hydrogen-bond acceptors (Lipinski definition) is 6. The summed E-state index contributed by atoms with van der Waals surface area (Å²) >= 11 is 1.44. The van der Waals surface area contributed by atoms with Gasteiger partial charge in [0.25, 0.3) is 0 Å². The third-order valence-electron chi connectivity index (χ3n) is 2.74. The van der Waals surface area contributed by atoms with Crippen molar-refractivity contribution in [3.63, 3.8) is 0 Å². The zero-order chi connectivity index (χ0) is 12.5. The molecular weight excluding hydrogens is 254 g/mol. The molecule has 2 aromatic heterocycles. The van der Waals surface area contributed by atoms with Gasteiger partial charge in [0.15, 0.2) is 11.0 Å². The van der Waals surface area contributed by atoms with E-state index >= 15 is 0 Å². The van der Waals surface area contributed by atoms with Gasteiger partial charge in [0, 0.05) is 12.5 Å². The zero-order valence-electron chi connectivity index (χ0n) is 9.92. The van der Waals surface area contributed by atoms with Crippen molar-refractivity contribution in [1.29, 1.82) is 0 Å². The molecule has 0 radical (unpaired) electrons. The molecule has 1 saturated carbocycles. The second-order valence-corrected chi connectivity index (χ2v) is 5.10. The molecule has 0 atom stereocenters. The Balaban J connectivity index is 1.71. The number of nitrogens with zero attached hydrogens (tertiary/aromatic N) is 4. The summed E-state index contributed by atoms with van der Waals surface area (Å²) in [6.45, 7) is 1.97. The minimum Gasteiger partial charge on any atom is -0.338 e. The smallest absolute Gasteiger partial charge is 0.338 e. The van der Waals surface area contributed by atoms with Crippen LogP contribution in [0.2, 0.25) is 0 Å². The molecule has 1 aliphatic carbocycles. The van der Waals surface area contributed by atoms with Gasteiger partial charge in [-0.25, -0.2) is 9.89 Å². The number of rotatable bonds is 5. The van der Waals surface area contributed by atoms with Gasteiger partial charge in [-0.3, -0.25) is 4.57 Å². The molecular formula is C10H13N5O2S. The molecule has 0 amide bonds. The van der Waals surface area contributed by atoms with E-state index in [1.807, 2.05) is 6.92 Å². The first kappa shape index (κ1) is 11.5. The van der Waals surface area contributed by atoms with Gasteiger partial charge < -0.3 is 4.52 Å². The summed E-state index contributed by atoms with van der Waals surface area (Å²) in [5, 5.41) is 11.0. The Morgan fingerprint density at radius 3 is 3.06 bits per heavy atom. The lowest BCUT2D eigenvalue weighted by Gasteiger charge is -2.00. The first-order valence-corrected chi connectivity index (χ1v) is 6.87. The highest BCUT2D eigenvalue weighted by Gasteiger charge is 2.28. The number of aryl methyl sites for hydroxylation is 1. The van der Waals surface area contributed by atoms with Crippen LogP contribution in [0.3, 0.4) is 0 Å². The minimum absolute atomic E-state index is 0.139. The fraction of sp³-hybridized carbons (Fsp3) is 0.600. The fourth-order valence-electron chi connectivity index (χ4n) is 1.67. The van der Waals surface area contributed by atoms with Crippen molar-refractivity contribution in [3.05, 3.63) is 22.2 Å². The maximum Gasteiger partial charge on any atom is 0.344 e. The Morgan fingerprint density at radius 1 is 1.56 bits per heavy atom. The average molecular weight is 267 g/mol. The number of aromatic amines is 1. The van der Waals surface area contributed by atoms with Crippen molar-refractivity contribution in [2.24, 2.45) is 0 Å². The molecule has 0 saturated heterocycles. The molecule has 2 heterocycles. The lowest BCUT2D eigenvalue weighted by atomic mass is 10.5. The van der Waals surface area contributed by atoms with E-state index in [1.54, 1.807) is 4.57 Å². The Kier molecular flexibility index (Phi) is 2.94. The molecule has 0 aromatic carbocycles. The molecule has 0 aliphatic heterocycles. The van der Waals surface area contributed by atoms with Crippen molar-refractivity contribution < 1.29 is 4.52 Å². The summed E-state index contributed by atoms with van der Waals surface area (Å²) in [6.07, 6.45) is 2.85. The van der Waals surface area contributed by atoms with Crippen LogP contribution < -0.4 is 5.69 Å². The standard InChI is InChI=1S/C10H13N5O2S/c1-2-7-11-8(17-14-7)5-18-10-13-12-9(16)15(10)6-3-4-6/h6H,2-5H2,1H3,(H,12,16). The summed E-state index contributed by atoms with van der Waals surface area (Å²) in [7, 11) is 0. The first-order valence-electron chi connectivity index (χ1n) is 5.89. The second kappa shape index (κ2) is 4.60.